The Morgan fingerprint density at radius 2 is 1.73 bits per heavy atom. The van der Waals surface area contributed by atoms with Crippen LogP contribution in [0.3, 0.4) is 0 Å². The van der Waals surface area contributed by atoms with Gasteiger partial charge in [-0.25, -0.2) is 8.42 Å². The Morgan fingerprint density at radius 1 is 0.938 bits per heavy atom. The Labute approximate surface area is 284 Å². The van der Waals surface area contributed by atoms with Gasteiger partial charge >= 0.3 is 0 Å². The van der Waals surface area contributed by atoms with Gasteiger partial charge in [-0.3, -0.25) is 19.3 Å². The Kier molecular flexibility index (Phi) is 9.24. The first-order valence-corrected chi connectivity index (χ1v) is 18.8. The number of methoxy groups -OCH3 is 1. The third-order valence-electron chi connectivity index (χ3n) is 10.5. The number of anilines is 1. The van der Waals surface area contributed by atoms with E-state index < -0.39 is 10.0 Å². The second-order valence-electron chi connectivity index (χ2n) is 13.8. The summed E-state index contributed by atoms with van der Waals surface area (Å²) in [6.07, 6.45) is 7.88. The standard InChI is InChI=1S/C38H47N5O4S/c1-27-20-34(47-3)21-28(2)38(27)48(45,46)39-35-9-7-8-30-12-18-43(37(30)35)26-36(44)42-19-14-33(25-42)41-17-13-31-22-29(10-11-32(31)24-41)23-40-15-5-4-6-16-40/h7-12,18,20-22,33,39H,4-6,13-17,19,23-26H2,1-3H3. The topological polar surface area (TPSA) is 87.1 Å². The molecule has 1 atom stereocenters. The number of carbonyl (C=O) groups is 1. The molecule has 3 aromatic carbocycles. The van der Waals surface area contributed by atoms with E-state index in [0.717, 1.165) is 51.0 Å². The van der Waals surface area contributed by atoms with Crippen LogP contribution < -0.4 is 9.46 Å². The minimum absolute atomic E-state index is 0.0502. The predicted molar refractivity (Wildman–Crippen MR) is 190 cm³/mol. The first-order chi connectivity index (χ1) is 23.2. The fraction of sp³-hybridized carbons (Fsp3) is 0.447. The van der Waals surface area contributed by atoms with E-state index in [2.05, 4.69) is 32.7 Å². The van der Waals surface area contributed by atoms with Gasteiger partial charge in [0.05, 0.1) is 23.2 Å². The summed E-state index contributed by atoms with van der Waals surface area (Å²) in [7, 11) is -2.34. The lowest BCUT2D eigenvalue weighted by Crippen LogP contribution is -2.42. The number of sulfonamides is 1. The predicted octanol–water partition coefficient (Wildman–Crippen LogP) is 5.71. The zero-order chi connectivity index (χ0) is 33.4. The quantitative estimate of drug-likeness (QED) is 0.246. The molecule has 2 fully saturated rings. The number of ether oxygens (including phenoxy) is 1. The summed E-state index contributed by atoms with van der Waals surface area (Å²) in [5.41, 5.74) is 6.69. The second-order valence-corrected chi connectivity index (χ2v) is 15.4. The van der Waals surface area contributed by atoms with Crippen molar-refractivity contribution in [3.8, 4) is 5.75 Å². The molecule has 0 aliphatic carbocycles. The maximum atomic E-state index is 13.7. The lowest BCUT2D eigenvalue weighted by atomic mass is 9.95. The number of hydrogen-bond acceptors (Lipinski definition) is 6. The third kappa shape index (κ3) is 6.70. The molecule has 1 unspecified atom stereocenters. The van der Waals surface area contributed by atoms with Gasteiger partial charge in [0.1, 0.15) is 12.3 Å². The molecule has 1 amide bonds. The number of carbonyl (C=O) groups excluding carboxylic acids is 1. The summed E-state index contributed by atoms with van der Waals surface area (Å²) in [6.45, 7) is 10.6. The molecule has 4 heterocycles. The summed E-state index contributed by atoms with van der Waals surface area (Å²) in [6, 6.07) is 18.3. The van der Waals surface area contributed by atoms with Crippen molar-refractivity contribution >= 4 is 32.5 Å². The van der Waals surface area contributed by atoms with Crippen LogP contribution in [-0.4, -0.2) is 79.5 Å². The zero-order valence-electron chi connectivity index (χ0n) is 28.4. The summed E-state index contributed by atoms with van der Waals surface area (Å²) >= 11 is 0. The van der Waals surface area contributed by atoms with Crippen LogP contribution in [0.25, 0.3) is 10.9 Å². The smallest absolute Gasteiger partial charge is 0.262 e. The maximum Gasteiger partial charge on any atom is 0.262 e. The van der Waals surface area contributed by atoms with Crippen molar-refractivity contribution in [3.63, 3.8) is 0 Å². The molecule has 0 bridgehead atoms. The van der Waals surface area contributed by atoms with Crippen LogP contribution in [0.2, 0.25) is 0 Å². The number of piperidine rings is 1. The molecular formula is C38H47N5O4S. The summed E-state index contributed by atoms with van der Waals surface area (Å²) < 4.78 is 37.4. The monoisotopic (exact) mass is 669 g/mol. The van der Waals surface area contributed by atoms with Gasteiger partial charge in [0, 0.05) is 50.3 Å². The molecule has 0 spiro atoms. The number of hydrogen-bond donors (Lipinski definition) is 1. The normalized spacial score (nSPS) is 19.1. The third-order valence-corrected chi connectivity index (χ3v) is 12.1. The van der Waals surface area contributed by atoms with Crippen molar-refractivity contribution in [1.82, 2.24) is 19.3 Å². The molecule has 0 radical (unpaired) electrons. The van der Waals surface area contributed by atoms with Crippen molar-refractivity contribution in [2.45, 2.75) is 76.5 Å². The van der Waals surface area contributed by atoms with E-state index in [1.165, 1.54) is 49.0 Å². The fourth-order valence-electron chi connectivity index (χ4n) is 8.05. The van der Waals surface area contributed by atoms with Crippen LogP contribution in [0.15, 0.2) is 65.7 Å². The highest BCUT2D eigenvalue weighted by Gasteiger charge is 2.32. The molecule has 1 N–H and O–H groups in total. The molecular weight excluding hydrogens is 623 g/mol. The first-order valence-electron chi connectivity index (χ1n) is 17.3. The lowest BCUT2D eigenvalue weighted by molar-refractivity contribution is -0.130. The van der Waals surface area contributed by atoms with Crippen molar-refractivity contribution in [3.05, 3.63) is 88.6 Å². The summed E-state index contributed by atoms with van der Waals surface area (Å²) in [5.74, 6) is 0.666. The average molecular weight is 670 g/mol. The van der Waals surface area contributed by atoms with Crippen molar-refractivity contribution < 1.29 is 17.9 Å². The molecule has 254 valence electrons. The number of para-hydroxylation sites is 1. The molecule has 3 aliphatic rings. The van der Waals surface area contributed by atoms with E-state index in [1.54, 1.807) is 39.2 Å². The van der Waals surface area contributed by atoms with E-state index in [0.29, 0.717) is 34.1 Å². The number of aryl methyl sites for hydroxylation is 2. The molecule has 0 saturated carbocycles. The number of amides is 1. The van der Waals surface area contributed by atoms with Crippen molar-refractivity contribution in [2.24, 2.45) is 0 Å². The van der Waals surface area contributed by atoms with Gasteiger partial charge in [0.15, 0.2) is 0 Å². The minimum atomic E-state index is -3.90. The maximum absolute atomic E-state index is 13.7. The van der Waals surface area contributed by atoms with Crippen molar-refractivity contribution in [1.29, 1.82) is 0 Å². The van der Waals surface area contributed by atoms with Crippen molar-refractivity contribution in [2.75, 3.05) is 44.6 Å². The Morgan fingerprint density at radius 3 is 2.50 bits per heavy atom. The molecule has 7 rings (SSSR count). The molecule has 48 heavy (non-hydrogen) atoms. The van der Waals surface area contributed by atoms with E-state index in [-0.39, 0.29) is 17.3 Å². The minimum Gasteiger partial charge on any atom is -0.497 e. The number of nitrogens with one attached hydrogen (secondary N) is 1. The summed E-state index contributed by atoms with van der Waals surface area (Å²) in [5, 5.41) is 0.872. The van der Waals surface area contributed by atoms with Gasteiger partial charge in [-0.1, -0.05) is 36.8 Å². The van der Waals surface area contributed by atoms with Crippen LogP contribution in [0.5, 0.6) is 5.75 Å². The number of likely N-dealkylation sites (tertiary alicyclic amines) is 2. The highest BCUT2D eigenvalue weighted by molar-refractivity contribution is 7.92. The van der Waals surface area contributed by atoms with Crippen LogP contribution >= 0.6 is 0 Å². The average Bonchev–Trinajstić information content (AvgIpc) is 3.73. The molecule has 10 heteroatoms. The van der Waals surface area contributed by atoms with Gasteiger partial charge < -0.3 is 14.2 Å². The SMILES string of the molecule is COc1cc(C)c(S(=O)(=O)Nc2cccc3ccn(CC(=O)N4CCC(N5CCc6cc(CN7CCCCC7)ccc6C5)C4)c23)c(C)c1. The molecule has 4 aromatic rings. The van der Waals surface area contributed by atoms with Crippen LogP contribution in [0, 0.1) is 13.8 Å². The lowest BCUT2D eigenvalue weighted by Gasteiger charge is -2.34. The number of fused-ring (bicyclic) bond motifs is 2. The molecule has 1 aromatic heterocycles. The fourth-order valence-corrected chi connectivity index (χ4v) is 9.57. The van der Waals surface area contributed by atoms with E-state index in [9.17, 15) is 13.2 Å². The number of aromatic nitrogens is 1. The van der Waals surface area contributed by atoms with Gasteiger partial charge in [0.2, 0.25) is 5.91 Å². The Hall–Kier alpha value is -3.86. The zero-order valence-corrected chi connectivity index (χ0v) is 29.2. The van der Waals surface area contributed by atoms with Gasteiger partial charge in [0.25, 0.3) is 10.0 Å². The Balaban J connectivity index is 1.01. The van der Waals surface area contributed by atoms with E-state index in [4.69, 9.17) is 4.74 Å². The number of rotatable bonds is 9. The number of benzene rings is 3. The van der Waals surface area contributed by atoms with E-state index >= 15 is 0 Å². The van der Waals surface area contributed by atoms with Crippen LogP contribution in [0.4, 0.5) is 5.69 Å². The second kappa shape index (κ2) is 13.6. The molecule has 2 saturated heterocycles. The van der Waals surface area contributed by atoms with Gasteiger partial charge in [-0.05, 0) is 105 Å². The van der Waals surface area contributed by atoms with Crippen LogP contribution in [0.1, 0.15) is 53.5 Å². The Bertz CT molecular complexity index is 1910. The molecule has 9 nitrogen and oxygen atoms in total. The summed E-state index contributed by atoms with van der Waals surface area (Å²) in [4.78, 5) is 21.0. The molecule has 3 aliphatic heterocycles. The van der Waals surface area contributed by atoms with E-state index in [1.807, 2.05) is 33.9 Å². The van der Waals surface area contributed by atoms with Crippen LogP contribution in [-0.2, 0) is 40.9 Å². The highest BCUT2D eigenvalue weighted by atomic mass is 32.2. The number of nitrogens with zero attached hydrogens (tertiary/aromatic N) is 4. The largest absolute Gasteiger partial charge is 0.497 e. The highest BCUT2D eigenvalue weighted by Crippen LogP contribution is 2.32. The van der Waals surface area contributed by atoms with Gasteiger partial charge in [-0.2, -0.15) is 0 Å². The van der Waals surface area contributed by atoms with Gasteiger partial charge in [-0.15, -0.1) is 0 Å². The first kappa shape index (κ1) is 32.7.